The molecular weight excluding hydrogens is 338 g/mol. The van der Waals surface area contributed by atoms with Gasteiger partial charge in [0.25, 0.3) is 5.69 Å². The van der Waals surface area contributed by atoms with Gasteiger partial charge in [0.2, 0.25) is 0 Å². The van der Waals surface area contributed by atoms with Crippen molar-refractivity contribution in [3.05, 3.63) is 76.4 Å². The Labute approximate surface area is 150 Å². The first-order valence-electron chi connectivity index (χ1n) is 7.56. The molecule has 0 saturated heterocycles. The second kappa shape index (κ2) is 9.03. The molecule has 0 heterocycles. The number of non-ortho nitro benzene ring substituents is 1. The summed E-state index contributed by atoms with van der Waals surface area (Å²) in [5.74, 6) is 0.882. The first-order valence-corrected chi connectivity index (χ1v) is 7.56. The van der Waals surface area contributed by atoms with E-state index in [0.717, 1.165) is 5.56 Å². The van der Waals surface area contributed by atoms with Crippen molar-refractivity contribution in [3.8, 4) is 17.2 Å². The van der Waals surface area contributed by atoms with Crippen LogP contribution in [-0.2, 0) is 4.79 Å². The van der Waals surface area contributed by atoms with Crippen LogP contribution in [0.2, 0.25) is 0 Å². The van der Waals surface area contributed by atoms with Gasteiger partial charge in [-0.3, -0.25) is 10.1 Å². The number of ether oxygens (including phenoxy) is 3. The molecule has 7 nitrogen and oxygen atoms in total. The SMILES string of the molecule is COc1ccc(C=CC=CC(=O)Oc2ccc([N+](=O)[O-])cc2)cc1OC. The third kappa shape index (κ3) is 5.20. The lowest BCUT2D eigenvalue weighted by atomic mass is 10.2. The Morgan fingerprint density at radius 3 is 2.31 bits per heavy atom. The maximum absolute atomic E-state index is 11.7. The van der Waals surface area contributed by atoms with Crippen LogP contribution in [-0.4, -0.2) is 25.1 Å². The Kier molecular flexibility index (Phi) is 6.50. The molecule has 0 aromatic heterocycles. The smallest absolute Gasteiger partial charge is 0.336 e. The predicted octanol–water partition coefficient (Wildman–Crippen LogP) is 3.79. The Morgan fingerprint density at radius 2 is 1.69 bits per heavy atom. The van der Waals surface area contributed by atoms with E-state index in [0.29, 0.717) is 11.5 Å². The molecule has 0 spiro atoms. The third-order valence-corrected chi connectivity index (χ3v) is 3.31. The van der Waals surface area contributed by atoms with Gasteiger partial charge in [0.15, 0.2) is 11.5 Å². The van der Waals surface area contributed by atoms with Crippen LogP contribution in [0.1, 0.15) is 5.56 Å². The Morgan fingerprint density at radius 1 is 1.00 bits per heavy atom. The second-order valence-corrected chi connectivity index (χ2v) is 5.00. The summed E-state index contributed by atoms with van der Waals surface area (Å²) in [5.41, 5.74) is 0.800. The molecule has 0 radical (unpaired) electrons. The number of nitro groups is 1. The third-order valence-electron chi connectivity index (χ3n) is 3.31. The van der Waals surface area contributed by atoms with E-state index in [9.17, 15) is 14.9 Å². The molecule has 2 rings (SSSR count). The van der Waals surface area contributed by atoms with E-state index in [4.69, 9.17) is 14.2 Å². The second-order valence-electron chi connectivity index (χ2n) is 5.00. The van der Waals surface area contributed by atoms with E-state index in [1.807, 2.05) is 6.07 Å². The fraction of sp³-hybridized carbons (Fsp3) is 0.105. The van der Waals surface area contributed by atoms with E-state index in [1.165, 1.54) is 36.4 Å². The van der Waals surface area contributed by atoms with Crippen molar-refractivity contribution in [2.75, 3.05) is 14.2 Å². The fourth-order valence-corrected chi connectivity index (χ4v) is 2.04. The van der Waals surface area contributed by atoms with E-state index >= 15 is 0 Å². The van der Waals surface area contributed by atoms with Gasteiger partial charge in [-0.2, -0.15) is 0 Å². The molecule has 0 bridgehead atoms. The van der Waals surface area contributed by atoms with Crippen LogP contribution in [0.3, 0.4) is 0 Å². The molecular formula is C19H17NO6. The average molecular weight is 355 g/mol. The summed E-state index contributed by atoms with van der Waals surface area (Å²) >= 11 is 0. The summed E-state index contributed by atoms with van der Waals surface area (Å²) < 4.78 is 15.4. The lowest BCUT2D eigenvalue weighted by Gasteiger charge is -2.07. The number of rotatable bonds is 7. The standard InChI is InChI=1S/C19H17NO6/c1-24-17-12-7-14(13-18(17)25-2)5-3-4-6-19(21)26-16-10-8-15(9-11-16)20(22)23/h3-13H,1-2H3. The van der Waals surface area contributed by atoms with Crippen molar-refractivity contribution < 1.29 is 23.9 Å². The Balaban J connectivity index is 1.93. The zero-order valence-electron chi connectivity index (χ0n) is 14.2. The highest BCUT2D eigenvalue weighted by molar-refractivity contribution is 5.84. The number of hydrogen-bond donors (Lipinski definition) is 0. The maximum Gasteiger partial charge on any atom is 0.336 e. The summed E-state index contributed by atoms with van der Waals surface area (Å²) in [6.07, 6.45) is 6.25. The van der Waals surface area contributed by atoms with Crippen LogP contribution in [0.25, 0.3) is 6.08 Å². The molecule has 2 aromatic rings. The van der Waals surface area contributed by atoms with Gasteiger partial charge in [-0.05, 0) is 29.8 Å². The lowest BCUT2D eigenvalue weighted by Crippen LogP contribution is -2.03. The summed E-state index contributed by atoms with van der Waals surface area (Å²) in [5, 5.41) is 10.6. The van der Waals surface area contributed by atoms with Crippen molar-refractivity contribution in [2.45, 2.75) is 0 Å². The monoisotopic (exact) mass is 355 g/mol. The Hall–Kier alpha value is -3.61. The number of allylic oxidation sites excluding steroid dienone is 2. The molecule has 26 heavy (non-hydrogen) atoms. The number of nitro benzene ring substituents is 1. The van der Waals surface area contributed by atoms with E-state index < -0.39 is 10.9 Å². The van der Waals surface area contributed by atoms with Crippen LogP contribution < -0.4 is 14.2 Å². The highest BCUT2D eigenvalue weighted by Crippen LogP contribution is 2.27. The minimum absolute atomic E-state index is 0.0711. The highest BCUT2D eigenvalue weighted by Gasteiger charge is 2.06. The fourth-order valence-electron chi connectivity index (χ4n) is 2.04. The van der Waals surface area contributed by atoms with Gasteiger partial charge in [0, 0.05) is 18.2 Å². The van der Waals surface area contributed by atoms with Crippen LogP contribution in [0.4, 0.5) is 5.69 Å². The van der Waals surface area contributed by atoms with Gasteiger partial charge >= 0.3 is 5.97 Å². The van der Waals surface area contributed by atoms with Crippen molar-refractivity contribution in [1.29, 1.82) is 0 Å². The summed E-state index contributed by atoms with van der Waals surface area (Å²) in [6.45, 7) is 0. The largest absolute Gasteiger partial charge is 0.493 e. The summed E-state index contributed by atoms with van der Waals surface area (Å²) in [7, 11) is 3.12. The number of hydrogen-bond acceptors (Lipinski definition) is 6. The van der Waals surface area contributed by atoms with Crippen LogP contribution in [0.5, 0.6) is 17.2 Å². The predicted molar refractivity (Wildman–Crippen MR) is 96.5 cm³/mol. The van der Waals surface area contributed by atoms with Gasteiger partial charge in [-0.25, -0.2) is 4.79 Å². The van der Waals surface area contributed by atoms with Gasteiger partial charge in [0.05, 0.1) is 19.1 Å². The highest BCUT2D eigenvalue weighted by atomic mass is 16.6. The normalized spacial score (nSPS) is 10.8. The number of esters is 1. The lowest BCUT2D eigenvalue weighted by molar-refractivity contribution is -0.384. The molecule has 134 valence electrons. The molecule has 0 N–H and O–H groups in total. The molecule has 0 fully saturated rings. The van der Waals surface area contributed by atoms with Gasteiger partial charge in [0.1, 0.15) is 5.75 Å². The first kappa shape index (κ1) is 18.7. The van der Waals surface area contributed by atoms with Gasteiger partial charge < -0.3 is 14.2 Å². The van der Waals surface area contributed by atoms with E-state index in [2.05, 4.69) is 0 Å². The van der Waals surface area contributed by atoms with E-state index in [-0.39, 0.29) is 11.4 Å². The first-order chi connectivity index (χ1) is 12.5. The molecule has 7 heteroatoms. The van der Waals surface area contributed by atoms with Crippen molar-refractivity contribution in [2.24, 2.45) is 0 Å². The number of nitrogens with zero attached hydrogens (tertiary/aromatic N) is 1. The molecule has 0 unspecified atom stereocenters. The number of benzene rings is 2. The van der Waals surface area contributed by atoms with Crippen LogP contribution in [0, 0.1) is 10.1 Å². The van der Waals surface area contributed by atoms with Crippen molar-refractivity contribution in [1.82, 2.24) is 0 Å². The van der Waals surface area contributed by atoms with Crippen molar-refractivity contribution >= 4 is 17.7 Å². The molecule has 0 aliphatic carbocycles. The zero-order chi connectivity index (χ0) is 18.9. The maximum atomic E-state index is 11.7. The van der Waals surface area contributed by atoms with Crippen LogP contribution >= 0.6 is 0 Å². The van der Waals surface area contributed by atoms with Crippen LogP contribution in [0.15, 0.2) is 60.7 Å². The van der Waals surface area contributed by atoms with Gasteiger partial charge in [-0.1, -0.05) is 24.3 Å². The molecule has 0 aliphatic rings. The molecule has 0 saturated carbocycles. The summed E-state index contributed by atoms with van der Waals surface area (Å²) in [6, 6.07) is 10.7. The Bertz CT molecular complexity index is 840. The molecule has 0 amide bonds. The number of carbonyl (C=O) groups excluding carboxylic acids is 1. The van der Waals surface area contributed by atoms with E-state index in [1.54, 1.807) is 38.5 Å². The number of methoxy groups -OCH3 is 2. The average Bonchev–Trinajstić information content (AvgIpc) is 2.65. The topological polar surface area (TPSA) is 87.9 Å². The minimum atomic E-state index is -0.587. The van der Waals surface area contributed by atoms with Gasteiger partial charge in [-0.15, -0.1) is 0 Å². The van der Waals surface area contributed by atoms with Crippen molar-refractivity contribution in [3.63, 3.8) is 0 Å². The summed E-state index contributed by atoms with van der Waals surface area (Å²) in [4.78, 5) is 21.8. The zero-order valence-corrected chi connectivity index (χ0v) is 14.2. The quantitative estimate of drug-likeness (QED) is 0.187. The molecule has 0 aliphatic heterocycles. The minimum Gasteiger partial charge on any atom is -0.493 e. The molecule has 0 atom stereocenters. The number of carbonyl (C=O) groups is 1. The molecule has 2 aromatic carbocycles.